The van der Waals surface area contributed by atoms with Gasteiger partial charge in [-0.3, -0.25) is 9.59 Å². The number of quaternary nitrogens is 2. The molecule has 2 heterocycles. The molecule has 0 bridgehead atoms. The molecule has 0 radical (unpaired) electrons. The number of piperazine rings is 1. The maximum absolute atomic E-state index is 13.0. The highest BCUT2D eigenvalue weighted by Gasteiger charge is 2.37. The molecule has 2 saturated heterocycles. The molecule has 3 N–H and O–H groups in total. The lowest BCUT2D eigenvalue weighted by Crippen LogP contribution is -3.28. The Labute approximate surface area is 178 Å². The number of benzene rings is 1. The highest BCUT2D eigenvalue weighted by molar-refractivity contribution is 5.91. The van der Waals surface area contributed by atoms with Crippen LogP contribution in [0.2, 0.25) is 0 Å². The minimum Gasteiger partial charge on any atom is -0.335 e. The molecule has 1 saturated carbocycles. The first kappa shape index (κ1) is 21.2. The van der Waals surface area contributed by atoms with Crippen molar-refractivity contribution in [2.75, 3.05) is 51.1 Å². The van der Waals surface area contributed by atoms with Crippen LogP contribution in [0.3, 0.4) is 0 Å². The summed E-state index contributed by atoms with van der Waals surface area (Å²) >= 11 is 0. The Morgan fingerprint density at radius 1 is 0.933 bits per heavy atom. The molecule has 7 heteroatoms. The van der Waals surface area contributed by atoms with E-state index in [2.05, 4.69) is 10.2 Å². The first-order valence-corrected chi connectivity index (χ1v) is 11.6. The fraction of sp³-hybridized carbons (Fsp3) is 0.652. The fourth-order valence-electron chi connectivity index (χ4n) is 5.53. The summed E-state index contributed by atoms with van der Waals surface area (Å²) in [6, 6.07) is 6.34. The Morgan fingerprint density at radius 3 is 2.30 bits per heavy atom. The van der Waals surface area contributed by atoms with Crippen molar-refractivity contribution in [2.24, 2.45) is 5.92 Å². The van der Waals surface area contributed by atoms with Crippen molar-refractivity contribution >= 4 is 17.5 Å². The number of nitrogens with zero attached hydrogens (tertiary/aromatic N) is 1. The Balaban J connectivity index is 1.20. The minimum absolute atomic E-state index is 0.0483. The molecule has 4 rings (SSSR count). The van der Waals surface area contributed by atoms with E-state index in [9.17, 15) is 14.0 Å². The summed E-state index contributed by atoms with van der Waals surface area (Å²) in [6.07, 6.45) is 7.52. The lowest BCUT2D eigenvalue weighted by molar-refractivity contribution is -1.00. The van der Waals surface area contributed by atoms with Crippen LogP contribution >= 0.6 is 0 Å². The Bertz CT molecular complexity index is 731. The van der Waals surface area contributed by atoms with Gasteiger partial charge in [-0.05, 0) is 55.9 Å². The van der Waals surface area contributed by atoms with Crippen LogP contribution in [-0.2, 0) is 9.59 Å². The van der Waals surface area contributed by atoms with Gasteiger partial charge in [0.05, 0.1) is 0 Å². The maximum Gasteiger partial charge on any atom is 0.279 e. The molecule has 3 fully saturated rings. The van der Waals surface area contributed by atoms with Gasteiger partial charge in [0.25, 0.3) is 11.8 Å². The third-order valence-corrected chi connectivity index (χ3v) is 7.17. The number of nitrogens with one attached hydrogen (secondary N) is 3. The van der Waals surface area contributed by atoms with E-state index in [0.717, 1.165) is 45.1 Å². The number of carbonyl (C=O) groups excluding carboxylic acids is 2. The third-order valence-electron chi connectivity index (χ3n) is 7.17. The number of hydrogen-bond donors (Lipinski definition) is 3. The number of likely N-dealkylation sites (tertiary alicyclic amines) is 1. The molecule has 0 aromatic heterocycles. The maximum atomic E-state index is 13.0. The van der Waals surface area contributed by atoms with E-state index in [1.54, 1.807) is 12.1 Å². The van der Waals surface area contributed by atoms with Gasteiger partial charge in [0.2, 0.25) is 0 Å². The van der Waals surface area contributed by atoms with Crippen LogP contribution in [0.1, 0.15) is 38.5 Å². The van der Waals surface area contributed by atoms with Crippen molar-refractivity contribution < 1.29 is 23.8 Å². The summed E-state index contributed by atoms with van der Waals surface area (Å²) in [4.78, 5) is 30.1. The number of piperidine rings is 1. The smallest absolute Gasteiger partial charge is 0.279 e. The molecule has 2 atom stereocenters. The number of fused-ring (bicyclic) bond motifs is 1. The number of amides is 2. The van der Waals surface area contributed by atoms with Gasteiger partial charge in [0.15, 0.2) is 13.1 Å². The summed E-state index contributed by atoms with van der Waals surface area (Å²) < 4.78 is 13.0. The minimum atomic E-state index is -0.309. The molecule has 2 amide bonds. The predicted molar refractivity (Wildman–Crippen MR) is 113 cm³/mol. The summed E-state index contributed by atoms with van der Waals surface area (Å²) in [5.74, 6) is 0.704. The predicted octanol–water partition coefficient (Wildman–Crippen LogP) is -0.271. The van der Waals surface area contributed by atoms with E-state index in [-0.39, 0.29) is 11.7 Å². The summed E-state index contributed by atoms with van der Waals surface area (Å²) in [7, 11) is 0. The van der Waals surface area contributed by atoms with Crippen LogP contribution < -0.4 is 15.1 Å². The number of halogens is 1. The Hall–Kier alpha value is -1.99. The van der Waals surface area contributed by atoms with Gasteiger partial charge in [-0.25, -0.2) is 4.39 Å². The molecular formula is C23H35FN4O2+2. The standard InChI is InChI=1S/C23H33FN4O2/c24-19-7-9-20(10-8-19)25-22(29)16-26-12-14-27(15-13-26)17-23(30)28-11-3-5-18-4-1-2-6-21(18)28/h7-10,18,21H,1-6,11-17H2,(H,25,29)/p+2/t18-,21-/m1/s1. The fourth-order valence-corrected chi connectivity index (χ4v) is 5.53. The normalized spacial score (nSPS) is 29.2. The van der Waals surface area contributed by atoms with Crippen LogP contribution in [0.25, 0.3) is 0 Å². The highest BCUT2D eigenvalue weighted by atomic mass is 19.1. The van der Waals surface area contributed by atoms with Crippen LogP contribution in [0.5, 0.6) is 0 Å². The molecule has 6 nitrogen and oxygen atoms in total. The number of rotatable bonds is 5. The third kappa shape index (κ3) is 5.38. The monoisotopic (exact) mass is 418 g/mol. The second-order valence-electron chi connectivity index (χ2n) is 9.25. The molecule has 1 aromatic carbocycles. The summed E-state index contributed by atoms with van der Waals surface area (Å²) in [6.45, 7) is 5.58. The number of carbonyl (C=O) groups is 2. The van der Waals surface area contributed by atoms with Crippen molar-refractivity contribution in [1.29, 1.82) is 0 Å². The van der Waals surface area contributed by atoms with Crippen molar-refractivity contribution in [2.45, 2.75) is 44.6 Å². The zero-order valence-electron chi connectivity index (χ0n) is 17.8. The van der Waals surface area contributed by atoms with E-state index in [0.29, 0.717) is 30.7 Å². The molecule has 1 aromatic rings. The van der Waals surface area contributed by atoms with Gasteiger partial charge >= 0.3 is 0 Å². The highest BCUT2D eigenvalue weighted by Crippen LogP contribution is 2.35. The molecular weight excluding hydrogens is 383 g/mol. The molecule has 2 aliphatic heterocycles. The van der Waals surface area contributed by atoms with Crippen LogP contribution in [-0.4, -0.2) is 68.6 Å². The lowest BCUT2D eigenvalue weighted by Gasteiger charge is -2.44. The largest absolute Gasteiger partial charge is 0.335 e. The van der Waals surface area contributed by atoms with Crippen molar-refractivity contribution in [3.8, 4) is 0 Å². The molecule has 0 spiro atoms. The van der Waals surface area contributed by atoms with Crippen molar-refractivity contribution in [1.82, 2.24) is 4.90 Å². The Morgan fingerprint density at radius 2 is 1.57 bits per heavy atom. The molecule has 0 unspecified atom stereocenters. The average molecular weight is 419 g/mol. The van der Waals surface area contributed by atoms with Crippen LogP contribution in [0.4, 0.5) is 10.1 Å². The average Bonchev–Trinajstić information content (AvgIpc) is 2.76. The number of anilines is 1. The van der Waals surface area contributed by atoms with Crippen molar-refractivity contribution in [3.05, 3.63) is 30.1 Å². The molecule has 164 valence electrons. The first-order chi connectivity index (χ1) is 14.6. The molecule has 1 aliphatic carbocycles. The first-order valence-electron chi connectivity index (χ1n) is 11.6. The Kier molecular flexibility index (Phi) is 7.00. The van der Waals surface area contributed by atoms with E-state index >= 15 is 0 Å². The summed E-state index contributed by atoms with van der Waals surface area (Å²) in [5, 5.41) is 2.84. The van der Waals surface area contributed by atoms with Gasteiger partial charge in [-0.15, -0.1) is 0 Å². The van der Waals surface area contributed by atoms with Crippen LogP contribution in [0.15, 0.2) is 24.3 Å². The zero-order chi connectivity index (χ0) is 20.9. The topological polar surface area (TPSA) is 58.3 Å². The van der Waals surface area contributed by atoms with Crippen molar-refractivity contribution in [3.63, 3.8) is 0 Å². The second-order valence-corrected chi connectivity index (χ2v) is 9.25. The zero-order valence-corrected chi connectivity index (χ0v) is 17.8. The quantitative estimate of drug-likeness (QED) is 0.617. The number of hydrogen-bond acceptors (Lipinski definition) is 2. The van der Waals surface area contributed by atoms with Gasteiger partial charge in [-0.1, -0.05) is 12.8 Å². The van der Waals surface area contributed by atoms with E-state index in [1.165, 1.54) is 54.0 Å². The van der Waals surface area contributed by atoms with Gasteiger partial charge in [0.1, 0.15) is 32.0 Å². The lowest BCUT2D eigenvalue weighted by atomic mass is 9.78. The SMILES string of the molecule is O=C(C[NH+]1CC[NH+](CC(=O)N2CCC[C@H]3CCCC[C@H]32)CC1)Nc1ccc(F)cc1. The summed E-state index contributed by atoms with van der Waals surface area (Å²) in [5.41, 5.74) is 0.623. The molecule has 3 aliphatic rings. The van der Waals surface area contributed by atoms with Gasteiger partial charge in [0, 0.05) is 18.3 Å². The molecule has 30 heavy (non-hydrogen) atoms. The van der Waals surface area contributed by atoms with Gasteiger partial charge in [-0.2, -0.15) is 0 Å². The van der Waals surface area contributed by atoms with Gasteiger partial charge < -0.3 is 20.0 Å². The second kappa shape index (κ2) is 9.88. The van der Waals surface area contributed by atoms with Crippen LogP contribution in [0, 0.1) is 11.7 Å². The van der Waals surface area contributed by atoms with E-state index in [4.69, 9.17) is 0 Å². The van der Waals surface area contributed by atoms with E-state index in [1.807, 2.05) is 0 Å². The van der Waals surface area contributed by atoms with E-state index < -0.39 is 0 Å².